The van der Waals surface area contributed by atoms with Crippen LogP contribution in [0.5, 0.6) is 0 Å². The van der Waals surface area contributed by atoms with Crippen molar-refractivity contribution in [3.05, 3.63) is 65.4 Å². The Balaban J connectivity index is 1.14. The molecule has 1 fully saturated rings. The molecular formula is C28H29Br2N13O6. The molecule has 0 spiro atoms. The standard InChI is InChI=1S/C28H29Br2N13O6/c1-27(2,3)49-26(47)38-7-5-28(48,6-8-38)10-39-11-32-17-19(23(39)44)35-41(21(17)29)14-40-12-33-18-20(24(40)45)36-43(22(18)30)42-13-31-15-9-37(4)34-16(15)25(42)46/h9,11-13,48H,5-8,10,14H2,1-4H3. The quantitative estimate of drug-likeness (QED) is 0.260. The van der Waals surface area contributed by atoms with Gasteiger partial charge in [-0.15, -0.1) is 5.10 Å². The van der Waals surface area contributed by atoms with Crippen molar-refractivity contribution < 1.29 is 14.6 Å². The SMILES string of the molecule is Cn1cc2ncn(-n3nc4c(=O)n(Cn5nc6c(=O)n(CC7(O)CCN(C(=O)OC(C)(C)C)CC7)cnc6c5Br)cnc4c3Br)c(=O)c2n1. The summed E-state index contributed by atoms with van der Waals surface area (Å²) in [5, 5.41) is 24.2. The highest BCUT2D eigenvalue weighted by atomic mass is 79.9. The number of halogens is 2. The lowest BCUT2D eigenvalue weighted by atomic mass is 9.91. The first-order valence-electron chi connectivity index (χ1n) is 15.0. The number of carbonyl (C=O) groups is 1. The Bertz CT molecular complexity index is 2480. The summed E-state index contributed by atoms with van der Waals surface area (Å²) in [7, 11) is 1.67. The molecule has 1 saturated heterocycles. The van der Waals surface area contributed by atoms with Gasteiger partial charge in [0.05, 0.1) is 31.0 Å². The fourth-order valence-electron chi connectivity index (χ4n) is 5.60. The van der Waals surface area contributed by atoms with Gasteiger partial charge in [-0.05, 0) is 65.5 Å². The summed E-state index contributed by atoms with van der Waals surface area (Å²) in [6.45, 7) is 5.69. The van der Waals surface area contributed by atoms with Crippen LogP contribution in [0.3, 0.4) is 0 Å². The van der Waals surface area contributed by atoms with Crippen LogP contribution in [0.25, 0.3) is 33.1 Å². The van der Waals surface area contributed by atoms with Crippen molar-refractivity contribution in [3.8, 4) is 0 Å². The molecule has 1 N–H and O–H groups in total. The molecule has 49 heavy (non-hydrogen) atoms. The molecule has 7 heterocycles. The van der Waals surface area contributed by atoms with Gasteiger partial charge in [0.2, 0.25) is 0 Å². The number of likely N-dealkylation sites (tertiary alicyclic amines) is 1. The summed E-state index contributed by atoms with van der Waals surface area (Å²) in [6, 6.07) is 0. The number of aliphatic hydroxyl groups is 1. The molecule has 0 radical (unpaired) electrons. The van der Waals surface area contributed by atoms with Crippen molar-refractivity contribution in [3.63, 3.8) is 0 Å². The zero-order valence-electron chi connectivity index (χ0n) is 26.6. The second-order valence-electron chi connectivity index (χ2n) is 12.8. The zero-order chi connectivity index (χ0) is 35.0. The number of carbonyl (C=O) groups excluding carboxylic acids is 1. The highest BCUT2D eigenvalue weighted by Crippen LogP contribution is 2.26. The first-order chi connectivity index (χ1) is 23.1. The second-order valence-corrected chi connectivity index (χ2v) is 14.3. The minimum Gasteiger partial charge on any atom is -0.444 e. The third-order valence-electron chi connectivity index (χ3n) is 8.06. The van der Waals surface area contributed by atoms with Gasteiger partial charge >= 0.3 is 11.7 Å². The molecule has 6 aromatic heterocycles. The van der Waals surface area contributed by atoms with Crippen molar-refractivity contribution in [1.29, 1.82) is 0 Å². The maximum atomic E-state index is 13.6. The molecule has 19 nitrogen and oxygen atoms in total. The molecule has 7 rings (SSSR count). The van der Waals surface area contributed by atoms with E-state index in [0.29, 0.717) is 10.1 Å². The zero-order valence-corrected chi connectivity index (χ0v) is 29.8. The third kappa shape index (κ3) is 5.84. The Kier molecular flexibility index (Phi) is 7.82. The van der Waals surface area contributed by atoms with E-state index in [-0.39, 0.29) is 71.3 Å². The van der Waals surface area contributed by atoms with Gasteiger partial charge in [-0.1, -0.05) is 0 Å². The molecule has 0 atom stereocenters. The molecule has 1 aliphatic heterocycles. The van der Waals surface area contributed by atoms with E-state index in [1.54, 1.807) is 34.0 Å². The van der Waals surface area contributed by atoms with Gasteiger partial charge in [0.15, 0.2) is 21.2 Å². The molecular weight excluding hydrogens is 774 g/mol. The second kappa shape index (κ2) is 11.7. The minimum absolute atomic E-state index is 0.0232. The first kappa shape index (κ1) is 32.8. The largest absolute Gasteiger partial charge is 0.444 e. The van der Waals surface area contributed by atoms with E-state index in [2.05, 4.69) is 62.1 Å². The smallest absolute Gasteiger partial charge is 0.410 e. The summed E-state index contributed by atoms with van der Waals surface area (Å²) < 4.78 is 12.5. The highest BCUT2D eigenvalue weighted by molar-refractivity contribution is 9.10. The summed E-state index contributed by atoms with van der Waals surface area (Å²) >= 11 is 6.83. The van der Waals surface area contributed by atoms with Gasteiger partial charge in [-0.25, -0.2) is 24.4 Å². The summed E-state index contributed by atoms with van der Waals surface area (Å²) in [5.74, 6) is 0. The fourth-order valence-corrected chi connectivity index (χ4v) is 6.62. The van der Waals surface area contributed by atoms with E-state index >= 15 is 0 Å². The van der Waals surface area contributed by atoms with Crippen molar-refractivity contribution in [2.45, 2.75) is 58.0 Å². The molecule has 0 aliphatic carbocycles. The lowest BCUT2D eigenvalue weighted by Gasteiger charge is -2.38. The maximum Gasteiger partial charge on any atom is 0.410 e. The van der Waals surface area contributed by atoms with Gasteiger partial charge in [0.25, 0.3) is 11.1 Å². The predicted octanol–water partition coefficient (Wildman–Crippen LogP) is 1.05. The maximum absolute atomic E-state index is 13.6. The van der Waals surface area contributed by atoms with E-state index in [0.717, 1.165) is 4.68 Å². The van der Waals surface area contributed by atoms with E-state index < -0.39 is 34.0 Å². The van der Waals surface area contributed by atoms with Gasteiger partial charge in [-0.3, -0.25) is 28.2 Å². The van der Waals surface area contributed by atoms with Gasteiger partial charge < -0.3 is 14.7 Å². The molecule has 0 aromatic carbocycles. The van der Waals surface area contributed by atoms with E-state index in [1.165, 1.54) is 47.2 Å². The number of aryl methyl sites for hydroxylation is 1. The van der Waals surface area contributed by atoms with Crippen molar-refractivity contribution in [2.24, 2.45) is 7.05 Å². The normalized spacial score (nSPS) is 15.1. The number of amides is 1. The third-order valence-corrected chi connectivity index (χ3v) is 9.54. The number of fused-ring (bicyclic) bond motifs is 3. The minimum atomic E-state index is -1.26. The predicted molar refractivity (Wildman–Crippen MR) is 180 cm³/mol. The van der Waals surface area contributed by atoms with Crippen LogP contribution in [0.1, 0.15) is 33.6 Å². The number of rotatable bonds is 5. The van der Waals surface area contributed by atoms with Crippen LogP contribution in [-0.4, -0.2) is 98.6 Å². The molecule has 1 amide bonds. The molecule has 1 aliphatic rings. The van der Waals surface area contributed by atoms with Crippen molar-refractivity contribution >= 4 is 71.1 Å². The fraction of sp³-hybridized carbons (Fsp3) is 0.429. The Labute approximate surface area is 291 Å². The number of hydrogen-bond donors (Lipinski definition) is 1. The lowest BCUT2D eigenvalue weighted by Crippen LogP contribution is -2.50. The van der Waals surface area contributed by atoms with Crippen molar-refractivity contribution in [2.75, 3.05) is 13.1 Å². The Morgan fingerprint density at radius 3 is 2.18 bits per heavy atom. The molecule has 256 valence electrons. The molecule has 6 aromatic rings. The van der Waals surface area contributed by atoms with Gasteiger partial charge in [0, 0.05) is 20.1 Å². The van der Waals surface area contributed by atoms with Crippen molar-refractivity contribution in [1.82, 2.24) is 63.1 Å². The van der Waals surface area contributed by atoms with Gasteiger partial charge in [0.1, 0.15) is 39.8 Å². The first-order valence-corrected chi connectivity index (χ1v) is 16.6. The van der Waals surface area contributed by atoms with Crippen LogP contribution in [0, 0.1) is 0 Å². The average Bonchev–Trinajstić information content (AvgIpc) is 3.69. The Hall–Kier alpha value is -4.76. The number of aromatic nitrogens is 12. The van der Waals surface area contributed by atoms with Crippen LogP contribution in [0.2, 0.25) is 0 Å². The molecule has 0 saturated carbocycles. The van der Waals surface area contributed by atoms with Crippen LogP contribution in [0.4, 0.5) is 4.79 Å². The number of hydrogen-bond acceptors (Lipinski definition) is 12. The van der Waals surface area contributed by atoms with E-state index in [4.69, 9.17) is 4.74 Å². The summed E-state index contributed by atoms with van der Waals surface area (Å²) in [6.07, 6.45) is 5.55. The molecule has 0 bridgehead atoms. The van der Waals surface area contributed by atoms with E-state index in [9.17, 15) is 24.3 Å². The van der Waals surface area contributed by atoms with E-state index in [1.807, 2.05) is 0 Å². The van der Waals surface area contributed by atoms with Crippen LogP contribution < -0.4 is 16.7 Å². The summed E-state index contributed by atoms with van der Waals surface area (Å²) in [5.41, 5.74) is -2.42. The van der Waals surface area contributed by atoms with Crippen LogP contribution in [0.15, 0.2) is 48.8 Å². The lowest BCUT2D eigenvalue weighted by molar-refractivity contribution is -0.0419. The topological polar surface area (TPSA) is 208 Å². The Morgan fingerprint density at radius 2 is 1.49 bits per heavy atom. The molecule has 0 unspecified atom stereocenters. The Morgan fingerprint density at radius 1 is 0.857 bits per heavy atom. The average molecular weight is 803 g/mol. The van der Waals surface area contributed by atoms with Gasteiger partial charge in [-0.2, -0.15) is 19.7 Å². The monoisotopic (exact) mass is 801 g/mol. The molecule has 21 heteroatoms. The number of nitrogens with zero attached hydrogens (tertiary/aromatic N) is 13. The van der Waals surface area contributed by atoms with Crippen LogP contribution in [-0.2, 0) is 25.0 Å². The number of piperidine rings is 1. The summed E-state index contributed by atoms with van der Waals surface area (Å²) in [4.78, 5) is 68.4. The van der Waals surface area contributed by atoms with Crippen LogP contribution >= 0.6 is 31.9 Å². The number of ether oxygens (including phenoxy) is 1. The highest BCUT2D eigenvalue weighted by Gasteiger charge is 2.36.